The van der Waals surface area contributed by atoms with Gasteiger partial charge in [-0.25, -0.2) is 0 Å². The van der Waals surface area contributed by atoms with Crippen LogP contribution in [0.25, 0.3) is 0 Å². The van der Waals surface area contributed by atoms with Crippen molar-refractivity contribution in [2.75, 3.05) is 36.8 Å². The molecule has 0 bridgehead atoms. The van der Waals surface area contributed by atoms with E-state index < -0.39 is 0 Å². The van der Waals surface area contributed by atoms with Gasteiger partial charge in [0.2, 0.25) is 5.91 Å². The van der Waals surface area contributed by atoms with E-state index in [4.69, 9.17) is 0 Å². The average molecular weight is 437 g/mol. The van der Waals surface area contributed by atoms with Gasteiger partial charge in [-0.3, -0.25) is 14.4 Å². The Balaban J connectivity index is 1.48. The van der Waals surface area contributed by atoms with E-state index in [1.54, 1.807) is 36.4 Å². The fourth-order valence-corrected chi connectivity index (χ4v) is 3.62. The number of unbranched alkanes of at least 4 members (excludes halogenated alkanes) is 1. The zero-order chi connectivity index (χ0) is 22.8. The van der Waals surface area contributed by atoms with Crippen molar-refractivity contribution in [2.45, 2.75) is 39.0 Å². The Bertz CT molecular complexity index is 921. The Kier molecular flexibility index (Phi) is 8.66. The molecule has 0 aliphatic carbocycles. The Morgan fingerprint density at radius 3 is 2.38 bits per heavy atom. The monoisotopic (exact) mass is 436 g/mol. The van der Waals surface area contributed by atoms with Crippen LogP contribution in [0.15, 0.2) is 48.5 Å². The number of carbonyl (C=O) groups is 3. The minimum Gasteiger partial charge on any atom is -0.376 e. The average Bonchev–Trinajstić information content (AvgIpc) is 2.83. The third kappa shape index (κ3) is 6.83. The molecule has 2 aromatic carbocycles. The van der Waals surface area contributed by atoms with Crippen LogP contribution in [0, 0.1) is 0 Å². The maximum Gasteiger partial charge on any atom is 0.253 e. The van der Waals surface area contributed by atoms with E-state index >= 15 is 0 Å². The zero-order valence-corrected chi connectivity index (χ0v) is 18.7. The highest BCUT2D eigenvalue weighted by molar-refractivity contribution is 5.98. The van der Waals surface area contributed by atoms with Crippen molar-refractivity contribution in [2.24, 2.45) is 0 Å². The van der Waals surface area contributed by atoms with Crippen LogP contribution in [0.3, 0.4) is 0 Å². The van der Waals surface area contributed by atoms with Crippen LogP contribution in [0.2, 0.25) is 0 Å². The van der Waals surface area contributed by atoms with Crippen LogP contribution < -0.4 is 16.0 Å². The van der Waals surface area contributed by atoms with E-state index in [9.17, 15) is 14.4 Å². The van der Waals surface area contributed by atoms with Gasteiger partial charge in [0.1, 0.15) is 0 Å². The second kappa shape index (κ2) is 11.9. The van der Waals surface area contributed by atoms with Gasteiger partial charge in [-0.2, -0.15) is 0 Å². The third-order valence-electron chi connectivity index (χ3n) is 5.45. The molecule has 0 radical (unpaired) electrons. The summed E-state index contributed by atoms with van der Waals surface area (Å²) in [6, 6.07) is 14.1. The number of hydrogen-bond acceptors (Lipinski definition) is 4. The molecule has 1 heterocycles. The van der Waals surface area contributed by atoms with Crippen molar-refractivity contribution < 1.29 is 14.4 Å². The normalized spacial score (nSPS) is 13.3. The Morgan fingerprint density at radius 2 is 1.66 bits per heavy atom. The van der Waals surface area contributed by atoms with Gasteiger partial charge in [-0.05, 0) is 68.1 Å². The van der Waals surface area contributed by atoms with Gasteiger partial charge in [0.15, 0.2) is 0 Å². The van der Waals surface area contributed by atoms with Crippen molar-refractivity contribution >= 4 is 29.1 Å². The zero-order valence-electron chi connectivity index (χ0n) is 18.7. The summed E-state index contributed by atoms with van der Waals surface area (Å²) in [5.41, 5.74) is 2.51. The number of anilines is 2. The van der Waals surface area contributed by atoms with Crippen LogP contribution in [0.1, 0.15) is 59.7 Å². The SMILES string of the molecule is CCCCNC(=O)c1cccc(NC(=O)CNc2ccc(C(=O)N3CCCCC3)cc2)c1. The number of hydrogen-bond donors (Lipinski definition) is 3. The molecule has 0 spiro atoms. The highest BCUT2D eigenvalue weighted by Gasteiger charge is 2.17. The van der Waals surface area contributed by atoms with E-state index in [-0.39, 0.29) is 24.3 Å². The van der Waals surface area contributed by atoms with Crippen molar-refractivity contribution in [1.82, 2.24) is 10.2 Å². The molecule has 170 valence electrons. The van der Waals surface area contributed by atoms with E-state index in [2.05, 4.69) is 22.9 Å². The Labute approximate surface area is 189 Å². The first-order valence-corrected chi connectivity index (χ1v) is 11.4. The Morgan fingerprint density at radius 1 is 0.906 bits per heavy atom. The topological polar surface area (TPSA) is 90.5 Å². The number of amides is 3. The lowest BCUT2D eigenvalue weighted by molar-refractivity contribution is -0.114. The second-order valence-corrected chi connectivity index (χ2v) is 8.02. The quantitative estimate of drug-likeness (QED) is 0.520. The molecule has 1 aliphatic heterocycles. The molecule has 1 saturated heterocycles. The summed E-state index contributed by atoms with van der Waals surface area (Å²) in [5, 5.41) is 8.74. The summed E-state index contributed by atoms with van der Waals surface area (Å²) in [5.74, 6) is -0.304. The summed E-state index contributed by atoms with van der Waals surface area (Å²) < 4.78 is 0. The number of likely N-dealkylation sites (tertiary alicyclic amines) is 1. The van der Waals surface area contributed by atoms with Gasteiger partial charge >= 0.3 is 0 Å². The van der Waals surface area contributed by atoms with E-state index in [1.807, 2.05) is 17.0 Å². The predicted molar refractivity (Wildman–Crippen MR) is 127 cm³/mol. The number of rotatable bonds is 9. The lowest BCUT2D eigenvalue weighted by Gasteiger charge is -2.26. The molecule has 3 rings (SSSR count). The minimum atomic E-state index is -0.220. The number of piperidine rings is 1. The van der Waals surface area contributed by atoms with Crippen LogP contribution in [-0.2, 0) is 4.79 Å². The molecule has 0 atom stereocenters. The number of carbonyl (C=O) groups excluding carboxylic acids is 3. The molecule has 1 aliphatic rings. The van der Waals surface area contributed by atoms with Gasteiger partial charge < -0.3 is 20.9 Å². The molecule has 3 amide bonds. The van der Waals surface area contributed by atoms with Crippen molar-refractivity contribution in [3.8, 4) is 0 Å². The van der Waals surface area contributed by atoms with Crippen molar-refractivity contribution in [3.05, 3.63) is 59.7 Å². The highest BCUT2D eigenvalue weighted by atomic mass is 16.2. The molecular formula is C25H32N4O3. The number of nitrogens with zero attached hydrogens (tertiary/aromatic N) is 1. The summed E-state index contributed by atoms with van der Waals surface area (Å²) in [6.07, 6.45) is 5.26. The van der Waals surface area contributed by atoms with Crippen LogP contribution in [0.4, 0.5) is 11.4 Å². The van der Waals surface area contributed by atoms with Gasteiger partial charge in [-0.15, -0.1) is 0 Å². The molecule has 7 nitrogen and oxygen atoms in total. The van der Waals surface area contributed by atoms with Crippen LogP contribution in [0.5, 0.6) is 0 Å². The Hall–Kier alpha value is -3.35. The molecule has 3 N–H and O–H groups in total. The minimum absolute atomic E-state index is 0.0626. The van der Waals surface area contributed by atoms with Gasteiger partial charge in [-0.1, -0.05) is 19.4 Å². The lowest BCUT2D eigenvalue weighted by Crippen LogP contribution is -2.35. The number of nitrogens with one attached hydrogen (secondary N) is 3. The maximum atomic E-state index is 12.5. The fraction of sp³-hybridized carbons (Fsp3) is 0.400. The van der Waals surface area contributed by atoms with Crippen LogP contribution >= 0.6 is 0 Å². The van der Waals surface area contributed by atoms with Gasteiger partial charge in [0, 0.05) is 42.1 Å². The highest BCUT2D eigenvalue weighted by Crippen LogP contribution is 2.16. The summed E-state index contributed by atoms with van der Waals surface area (Å²) in [6.45, 7) is 4.42. The first-order valence-electron chi connectivity index (χ1n) is 11.4. The van der Waals surface area contributed by atoms with Crippen molar-refractivity contribution in [1.29, 1.82) is 0 Å². The summed E-state index contributed by atoms with van der Waals surface area (Å²) in [7, 11) is 0. The molecule has 0 aromatic heterocycles. The largest absolute Gasteiger partial charge is 0.376 e. The molecule has 7 heteroatoms. The summed E-state index contributed by atoms with van der Waals surface area (Å²) in [4.78, 5) is 38.9. The molecule has 0 unspecified atom stereocenters. The van der Waals surface area contributed by atoms with Crippen molar-refractivity contribution in [3.63, 3.8) is 0 Å². The molecule has 0 saturated carbocycles. The standard InChI is InChI=1S/C25H32N4O3/c1-2-3-14-26-24(31)20-8-7-9-22(17-20)28-23(30)18-27-21-12-10-19(11-13-21)25(32)29-15-5-4-6-16-29/h7-13,17,27H,2-6,14-16,18H2,1H3,(H,26,31)(H,28,30). The summed E-state index contributed by atoms with van der Waals surface area (Å²) >= 11 is 0. The van der Waals surface area contributed by atoms with Crippen LogP contribution in [-0.4, -0.2) is 48.8 Å². The molecule has 2 aromatic rings. The fourth-order valence-electron chi connectivity index (χ4n) is 3.62. The van der Waals surface area contributed by atoms with E-state index in [1.165, 1.54) is 6.42 Å². The van der Waals surface area contributed by atoms with E-state index in [0.717, 1.165) is 44.5 Å². The smallest absolute Gasteiger partial charge is 0.253 e. The predicted octanol–water partition coefficient (Wildman–Crippen LogP) is 3.89. The number of benzene rings is 2. The maximum absolute atomic E-state index is 12.5. The molecular weight excluding hydrogens is 404 g/mol. The lowest BCUT2D eigenvalue weighted by atomic mass is 10.1. The first-order chi connectivity index (χ1) is 15.6. The van der Waals surface area contributed by atoms with E-state index in [0.29, 0.717) is 23.4 Å². The molecule has 1 fully saturated rings. The second-order valence-electron chi connectivity index (χ2n) is 8.02. The first kappa shape index (κ1) is 23.3. The molecule has 32 heavy (non-hydrogen) atoms. The van der Waals surface area contributed by atoms with Gasteiger partial charge in [0.05, 0.1) is 6.54 Å². The van der Waals surface area contributed by atoms with Gasteiger partial charge in [0.25, 0.3) is 11.8 Å². The third-order valence-corrected chi connectivity index (χ3v) is 5.45.